The lowest BCUT2D eigenvalue weighted by atomic mass is 9.68. The van der Waals surface area contributed by atoms with Crippen LogP contribution in [0.3, 0.4) is 0 Å². The highest BCUT2D eigenvalue weighted by Gasteiger charge is 2.54. The van der Waals surface area contributed by atoms with Crippen LogP contribution in [0.15, 0.2) is 24.3 Å². The Morgan fingerprint density at radius 2 is 1.60 bits per heavy atom. The van der Waals surface area contributed by atoms with E-state index in [4.69, 9.17) is 37.9 Å². The number of hydrogen-bond acceptors (Lipinski definition) is 16. The van der Waals surface area contributed by atoms with E-state index in [2.05, 4.69) is 0 Å². The summed E-state index contributed by atoms with van der Waals surface area (Å²) in [4.78, 5) is 55.3. The number of carbonyl (C=O) groups is 4. The molecule has 0 amide bonds. The predicted molar refractivity (Wildman–Crippen MR) is 195 cm³/mol. The zero-order valence-corrected chi connectivity index (χ0v) is 32.8. The van der Waals surface area contributed by atoms with Crippen LogP contribution in [0, 0.1) is 0 Å². The molecule has 8 rings (SSSR count). The van der Waals surface area contributed by atoms with Gasteiger partial charge in [-0.2, -0.15) is 0 Å². The van der Waals surface area contributed by atoms with Gasteiger partial charge in [-0.3, -0.25) is 19.2 Å². The standard InChI is InChI=1S/C41H49NO15/c1-16-24(44)13-26-40(53-16)57-38-18(3)52-29(14-25(38)54-26)56-37-17(2)51-28(12-22(37)42(5)6)55-27-15-41(4,49)33(39(48)50-7)20-11-21-32(36(47)31(20)27)35(46)30-19(34(21)45)9-8-10-23(30)43/h8-11,16-18,22,25-29,33,37-38,40,43,47,49H,12-15H2,1-7H3/t16-,17-,18-,22-,25?,26?,27-,28-,29-,33-,37+,38?,40?,41+/m0/s1. The summed E-state index contributed by atoms with van der Waals surface area (Å²) in [6.45, 7) is 6.86. The van der Waals surface area contributed by atoms with Gasteiger partial charge < -0.3 is 58.1 Å². The number of hydrogen-bond donors (Lipinski definition) is 3. The van der Waals surface area contributed by atoms with Crippen molar-refractivity contribution in [2.24, 2.45) is 0 Å². The van der Waals surface area contributed by atoms with Crippen molar-refractivity contribution in [1.82, 2.24) is 4.90 Å². The molecule has 2 aromatic carbocycles. The summed E-state index contributed by atoms with van der Waals surface area (Å²) in [5.74, 6) is -4.64. The van der Waals surface area contributed by atoms with Crippen LogP contribution in [-0.4, -0.2) is 138 Å². The maximum Gasteiger partial charge on any atom is 0.316 e. The van der Waals surface area contributed by atoms with Crippen LogP contribution >= 0.6 is 0 Å². The highest BCUT2D eigenvalue weighted by molar-refractivity contribution is 6.30. The van der Waals surface area contributed by atoms with Gasteiger partial charge in [-0.15, -0.1) is 0 Å². The van der Waals surface area contributed by atoms with E-state index in [0.29, 0.717) is 6.42 Å². The van der Waals surface area contributed by atoms with E-state index in [1.54, 1.807) is 6.92 Å². The lowest BCUT2D eigenvalue weighted by Crippen LogP contribution is -2.62. The number of Topliss-reactive ketones (excluding diaryl/α,β-unsaturated/α-hetero) is 1. The van der Waals surface area contributed by atoms with Crippen LogP contribution in [0.1, 0.15) is 108 Å². The highest BCUT2D eigenvalue weighted by Crippen LogP contribution is 2.53. The zero-order valence-electron chi connectivity index (χ0n) is 32.8. The number of phenols is 2. The molecule has 2 aliphatic carbocycles. The molecule has 0 radical (unpaired) electrons. The molecule has 14 atom stereocenters. The first-order chi connectivity index (χ1) is 27.0. The normalized spacial score (nSPS) is 38.8. The van der Waals surface area contributed by atoms with Crippen molar-refractivity contribution in [2.45, 2.75) is 139 Å². The summed E-state index contributed by atoms with van der Waals surface area (Å²) < 4.78 is 49.4. The molecule has 16 nitrogen and oxygen atoms in total. The van der Waals surface area contributed by atoms with E-state index in [1.165, 1.54) is 38.3 Å². The van der Waals surface area contributed by atoms with Gasteiger partial charge in [0.05, 0.1) is 48.3 Å². The second-order valence-corrected chi connectivity index (χ2v) is 16.4. The molecular formula is C41H49NO15. The number of benzene rings is 2. The Kier molecular flexibility index (Phi) is 10.4. The van der Waals surface area contributed by atoms with E-state index in [-0.39, 0.29) is 64.5 Å². The summed E-state index contributed by atoms with van der Waals surface area (Å²) in [7, 11) is 4.96. The van der Waals surface area contributed by atoms with Crippen molar-refractivity contribution in [2.75, 3.05) is 21.2 Å². The van der Waals surface area contributed by atoms with Crippen LogP contribution in [-0.2, 0) is 47.5 Å². The average Bonchev–Trinajstić information content (AvgIpc) is 3.13. The van der Waals surface area contributed by atoms with Gasteiger partial charge in [0.25, 0.3) is 0 Å². The number of phenolic OH excluding ortho intramolecular Hbond substituents is 2. The van der Waals surface area contributed by atoms with E-state index < -0.39 is 108 Å². The fraction of sp³-hybridized carbons (Fsp3) is 0.610. The van der Waals surface area contributed by atoms with Crippen molar-refractivity contribution in [3.8, 4) is 11.5 Å². The molecule has 3 N–H and O–H groups in total. The number of rotatable bonds is 6. The van der Waals surface area contributed by atoms with E-state index >= 15 is 0 Å². The Hall–Kier alpha value is -3.84. The molecule has 4 unspecified atom stereocenters. The fourth-order valence-electron chi connectivity index (χ4n) is 9.50. The molecule has 6 aliphatic rings. The Labute approximate surface area is 329 Å². The van der Waals surface area contributed by atoms with Crippen LogP contribution in [0.5, 0.6) is 11.5 Å². The predicted octanol–water partition coefficient (Wildman–Crippen LogP) is 2.78. The van der Waals surface area contributed by atoms with Crippen molar-refractivity contribution < 1.29 is 72.4 Å². The van der Waals surface area contributed by atoms with E-state index in [1.807, 2.05) is 32.8 Å². The van der Waals surface area contributed by atoms with Gasteiger partial charge in [-0.1, -0.05) is 12.1 Å². The fourth-order valence-corrected chi connectivity index (χ4v) is 9.50. The van der Waals surface area contributed by atoms with Gasteiger partial charge in [0.15, 0.2) is 30.4 Å². The van der Waals surface area contributed by atoms with Crippen molar-refractivity contribution >= 4 is 23.3 Å². The van der Waals surface area contributed by atoms with Crippen LogP contribution in [0.25, 0.3) is 0 Å². The zero-order chi connectivity index (χ0) is 40.8. The Morgan fingerprint density at radius 3 is 2.32 bits per heavy atom. The maximum atomic E-state index is 13.9. The van der Waals surface area contributed by atoms with Gasteiger partial charge >= 0.3 is 5.97 Å². The SMILES string of the molecule is COC(=O)[C@@H]1c2cc3c(c(O)c2[C@@H](O[C@H]2C[C@H](N(C)C)[C@H](O[C@H]4CC5OC6CC(=O)[C@H](C)OC6OC5[C@H](C)O4)[C@H](C)O2)C[C@@]1(C)O)C(=O)c1c(O)cccc1C3=O. The number of likely N-dealkylation sites (N-methyl/N-ethyl adjacent to an activating group) is 1. The average molecular weight is 796 g/mol. The summed E-state index contributed by atoms with van der Waals surface area (Å²) >= 11 is 0. The summed E-state index contributed by atoms with van der Waals surface area (Å²) in [5.41, 5.74) is -2.51. The minimum absolute atomic E-state index is 0.0299. The lowest BCUT2D eigenvalue weighted by molar-refractivity contribution is -0.371. The van der Waals surface area contributed by atoms with E-state index in [9.17, 15) is 34.5 Å². The van der Waals surface area contributed by atoms with Gasteiger partial charge in [-0.25, -0.2) is 0 Å². The summed E-state index contributed by atoms with van der Waals surface area (Å²) in [6, 6.07) is 5.14. The van der Waals surface area contributed by atoms with Crippen molar-refractivity contribution in [3.05, 3.63) is 57.6 Å². The van der Waals surface area contributed by atoms with Gasteiger partial charge in [0.1, 0.15) is 41.8 Å². The quantitative estimate of drug-likeness (QED) is 0.307. The van der Waals surface area contributed by atoms with Crippen molar-refractivity contribution in [3.63, 3.8) is 0 Å². The second kappa shape index (κ2) is 14.8. The Morgan fingerprint density at radius 1 is 0.877 bits per heavy atom. The lowest BCUT2D eigenvalue weighted by Gasteiger charge is -2.51. The molecule has 16 heteroatoms. The minimum Gasteiger partial charge on any atom is -0.507 e. The Balaban J connectivity index is 1.05. The number of ether oxygens (including phenoxy) is 8. The number of methoxy groups -OCH3 is 1. The summed E-state index contributed by atoms with van der Waals surface area (Å²) in [5, 5.41) is 34.4. The van der Waals surface area contributed by atoms with Gasteiger partial charge in [0.2, 0.25) is 5.78 Å². The van der Waals surface area contributed by atoms with Crippen molar-refractivity contribution in [1.29, 1.82) is 0 Å². The highest BCUT2D eigenvalue weighted by atomic mass is 16.8. The molecule has 4 saturated heterocycles. The number of nitrogens with zero attached hydrogens (tertiary/aromatic N) is 1. The number of fused-ring (bicyclic) bond motifs is 5. The number of esters is 1. The minimum atomic E-state index is -1.79. The molecule has 4 aliphatic heterocycles. The molecule has 0 saturated carbocycles. The largest absolute Gasteiger partial charge is 0.507 e. The topological polar surface area (TPSA) is 206 Å². The first-order valence-electron chi connectivity index (χ1n) is 19.4. The smallest absolute Gasteiger partial charge is 0.316 e. The third-order valence-corrected chi connectivity index (χ3v) is 12.3. The van der Waals surface area contributed by atoms with Gasteiger partial charge in [0, 0.05) is 48.4 Å². The number of carbonyl (C=O) groups excluding carboxylic acids is 4. The second-order valence-electron chi connectivity index (χ2n) is 16.4. The van der Waals surface area contributed by atoms with Gasteiger partial charge in [-0.05, 0) is 59.5 Å². The number of aromatic hydroxyl groups is 2. The molecule has 4 heterocycles. The molecule has 308 valence electrons. The molecular weight excluding hydrogens is 746 g/mol. The third kappa shape index (κ3) is 6.78. The summed E-state index contributed by atoms with van der Waals surface area (Å²) in [6.07, 6.45) is -6.23. The molecule has 0 aromatic heterocycles. The third-order valence-electron chi connectivity index (χ3n) is 12.3. The molecule has 0 spiro atoms. The van der Waals surface area contributed by atoms with Crippen LogP contribution < -0.4 is 0 Å². The number of aliphatic hydroxyl groups is 1. The molecule has 0 bridgehead atoms. The molecule has 2 aromatic rings. The van der Waals surface area contributed by atoms with Crippen LogP contribution in [0.4, 0.5) is 0 Å². The number of ketones is 3. The monoisotopic (exact) mass is 795 g/mol. The molecule has 57 heavy (non-hydrogen) atoms. The first-order valence-corrected chi connectivity index (χ1v) is 19.4. The molecule has 4 fully saturated rings. The maximum absolute atomic E-state index is 13.9. The Bertz CT molecular complexity index is 1980. The van der Waals surface area contributed by atoms with Crippen LogP contribution in [0.2, 0.25) is 0 Å². The van der Waals surface area contributed by atoms with E-state index in [0.717, 1.165) is 0 Å². The first kappa shape index (κ1) is 40.0.